The minimum atomic E-state index is -0.152. The second-order valence-corrected chi connectivity index (χ2v) is 6.84. The number of carbonyl (C=O) groups is 1. The lowest BCUT2D eigenvalue weighted by atomic mass is 10.1. The Hall–Kier alpha value is -2.73. The van der Waals surface area contributed by atoms with E-state index in [0.717, 1.165) is 23.0 Å². The number of aromatic nitrogens is 2. The molecule has 0 fully saturated rings. The molecule has 1 atom stereocenters. The lowest BCUT2D eigenvalue weighted by Crippen LogP contribution is -2.35. The van der Waals surface area contributed by atoms with Crippen molar-refractivity contribution in [3.63, 3.8) is 0 Å². The number of carbonyl (C=O) groups excluding carboxylic acids is 1. The Bertz CT molecular complexity index is 899. The number of nitrogens with zero attached hydrogens (tertiary/aromatic N) is 2. The van der Waals surface area contributed by atoms with E-state index in [1.54, 1.807) is 6.20 Å². The number of imidazole rings is 1. The van der Waals surface area contributed by atoms with E-state index >= 15 is 0 Å². The van der Waals surface area contributed by atoms with Crippen LogP contribution in [0.4, 0.5) is 0 Å². The predicted molar refractivity (Wildman–Crippen MR) is 102 cm³/mol. The molecule has 0 aliphatic carbocycles. The first-order valence-electron chi connectivity index (χ1n) is 8.46. The van der Waals surface area contributed by atoms with Gasteiger partial charge in [-0.25, -0.2) is 4.98 Å². The molecule has 2 aromatic carbocycles. The molecule has 0 radical (unpaired) electrons. The van der Waals surface area contributed by atoms with Crippen molar-refractivity contribution >= 4 is 17.7 Å². The van der Waals surface area contributed by atoms with Crippen LogP contribution in [-0.4, -0.2) is 34.4 Å². The Morgan fingerprint density at radius 2 is 2.00 bits per heavy atom. The van der Waals surface area contributed by atoms with Gasteiger partial charge in [-0.05, 0) is 30.0 Å². The Labute approximate surface area is 156 Å². The zero-order valence-corrected chi connectivity index (χ0v) is 15.2. The number of benzene rings is 2. The van der Waals surface area contributed by atoms with Gasteiger partial charge in [-0.1, -0.05) is 48.2 Å². The van der Waals surface area contributed by atoms with Gasteiger partial charge in [-0.3, -0.25) is 9.36 Å². The summed E-state index contributed by atoms with van der Waals surface area (Å²) in [5, 5.41) is 3.77. The van der Waals surface area contributed by atoms with E-state index in [4.69, 9.17) is 4.74 Å². The molecule has 1 aliphatic heterocycles. The zero-order chi connectivity index (χ0) is 17.9. The quantitative estimate of drug-likeness (QED) is 0.705. The Balaban J connectivity index is 1.49. The molecule has 1 aromatic heterocycles. The molecule has 4 rings (SSSR count). The first-order valence-corrected chi connectivity index (χ1v) is 9.68. The van der Waals surface area contributed by atoms with Gasteiger partial charge in [0.05, 0.1) is 12.7 Å². The van der Waals surface area contributed by atoms with E-state index < -0.39 is 0 Å². The molecular formula is C20H19N3O2S. The fraction of sp³-hybridized carbons (Fsp3) is 0.200. The molecule has 5 nitrogen and oxygen atoms in total. The van der Waals surface area contributed by atoms with Crippen LogP contribution in [0.1, 0.15) is 16.1 Å². The highest BCUT2D eigenvalue weighted by atomic mass is 32.2. The molecule has 26 heavy (non-hydrogen) atoms. The summed E-state index contributed by atoms with van der Waals surface area (Å²) in [6, 6.07) is 17.8. The van der Waals surface area contributed by atoms with Crippen molar-refractivity contribution in [1.82, 2.24) is 14.9 Å². The number of hydrogen-bond acceptors (Lipinski definition) is 4. The Morgan fingerprint density at radius 1 is 1.23 bits per heavy atom. The van der Waals surface area contributed by atoms with Crippen LogP contribution in [0.5, 0.6) is 5.75 Å². The normalized spacial score (nSPS) is 15.3. The highest BCUT2D eigenvalue weighted by molar-refractivity contribution is 7.98. The fourth-order valence-electron chi connectivity index (χ4n) is 3.13. The molecule has 6 heteroatoms. The number of amides is 1. The standard InChI is InChI=1S/C20H19N3O2S/c1-26-20-22-13-17(23(20)15-8-3-2-4-9-15)19(24)21-12-16-11-14-7-5-6-10-18(14)25-16/h2-10,13,16H,11-12H2,1H3,(H,21,24). The van der Waals surface area contributed by atoms with Gasteiger partial charge in [0, 0.05) is 12.1 Å². The molecule has 1 N–H and O–H groups in total. The van der Waals surface area contributed by atoms with Crippen molar-refractivity contribution in [3.8, 4) is 11.4 Å². The van der Waals surface area contributed by atoms with Crippen molar-refractivity contribution in [2.45, 2.75) is 17.7 Å². The van der Waals surface area contributed by atoms with Crippen molar-refractivity contribution in [2.75, 3.05) is 12.8 Å². The van der Waals surface area contributed by atoms with Crippen LogP contribution < -0.4 is 10.1 Å². The van der Waals surface area contributed by atoms with E-state index in [2.05, 4.69) is 16.4 Å². The van der Waals surface area contributed by atoms with Gasteiger partial charge in [0.2, 0.25) is 0 Å². The van der Waals surface area contributed by atoms with Crippen molar-refractivity contribution in [2.24, 2.45) is 0 Å². The molecule has 0 bridgehead atoms. The monoisotopic (exact) mass is 365 g/mol. The van der Waals surface area contributed by atoms with Gasteiger partial charge >= 0.3 is 0 Å². The third kappa shape index (κ3) is 3.20. The smallest absolute Gasteiger partial charge is 0.270 e. The number of ether oxygens (including phenoxy) is 1. The van der Waals surface area contributed by atoms with Crippen LogP contribution >= 0.6 is 11.8 Å². The van der Waals surface area contributed by atoms with Gasteiger partial charge in [0.25, 0.3) is 5.91 Å². The average molecular weight is 365 g/mol. The minimum absolute atomic E-state index is 0.0375. The topological polar surface area (TPSA) is 56.1 Å². The van der Waals surface area contributed by atoms with Gasteiger partial charge in [-0.15, -0.1) is 0 Å². The lowest BCUT2D eigenvalue weighted by molar-refractivity contribution is 0.0926. The minimum Gasteiger partial charge on any atom is -0.488 e. The van der Waals surface area contributed by atoms with Crippen molar-refractivity contribution in [1.29, 1.82) is 0 Å². The second-order valence-electron chi connectivity index (χ2n) is 6.06. The Kier molecular flexibility index (Phi) is 4.67. The van der Waals surface area contributed by atoms with Crippen molar-refractivity contribution < 1.29 is 9.53 Å². The number of rotatable bonds is 5. The summed E-state index contributed by atoms with van der Waals surface area (Å²) < 4.78 is 7.77. The maximum atomic E-state index is 12.8. The molecule has 1 aliphatic rings. The van der Waals surface area contributed by atoms with Crippen molar-refractivity contribution in [3.05, 3.63) is 72.1 Å². The maximum Gasteiger partial charge on any atom is 0.270 e. The van der Waals surface area contributed by atoms with E-state index in [1.807, 2.05) is 59.4 Å². The first kappa shape index (κ1) is 16.7. The van der Waals surface area contributed by atoms with Crippen LogP contribution in [0.3, 0.4) is 0 Å². The summed E-state index contributed by atoms with van der Waals surface area (Å²) in [4.78, 5) is 17.1. The third-order valence-corrected chi connectivity index (χ3v) is 5.02. The summed E-state index contributed by atoms with van der Waals surface area (Å²) in [6.07, 6.45) is 4.35. The SMILES string of the molecule is CSc1ncc(C(=O)NCC2Cc3ccccc3O2)n1-c1ccccc1. The van der Waals surface area contributed by atoms with Gasteiger partial charge in [-0.2, -0.15) is 0 Å². The van der Waals surface area contributed by atoms with Crippen LogP contribution in [0, 0.1) is 0 Å². The first-order chi connectivity index (χ1) is 12.8. The highest BCUT2D eigenvalue weighted by Gasteiger charge is 2.24. The third-order valence-electron chi connectivity index (χ3n) is 4.36. The number of thioether (sulfide) groups is 1. The molecule has 0 saturated heterocycles. The van der Waals surface area contributed by atoms with Crippen LogP contribution in [0.2, 0.25) is 0 Å². The van der Waals surface area contributed by atoms with Crippen LogP contribution in [0.25, 0.3) is 5.69 Å². The number of hydrogen-bond donors (Lipinski definition) is 1. The number of fused-ring (bicyclic) bond motifs is 1. The molecule has 0 spiro atoms. The number of para-hydroxylation sites is 2. The van der Waals surface area contributed by atoms with Crippen LogP contribution in [-0.2, 0) is 6.42 Å². The van der Waals surface area contributed by atoms with E-state index in [0.29, 0.717) is 12.2 Å². The zero-order valence-electron chi connectivity index (χ0n) is 14.4. The Morgan fingerprint density at radius 3 is 2.77 bits per heavy atom. The maximum absolute atomic E-state index is 12.8. The molecular weight excluding hydrogens is 346 g/mol. The summed E-state index contributed by atoms with van der Waals surface area (Å²) in [5.41, 5.74) is 2.63. The average Bonchev–Trinajstić information content (AvgIpc) is 3.30. The lowest BCUT2D eigenvalue weighted by Gasteiger charge is -2.14. The molecule has 2 heterocycles. The summed E-state index contributed by atoms with van der Waals surface area (Å²) in [5.74, 6) is 0.756. The van der Waals surface area contributed by atoms with E-state index in [1.165, 1.54) is 17.3 Å². The molecule has 0 saturated carbocycles. The van der Waals surface area contributed by atoms with Gasteiger partial charge in [0.15, 0.2) is 5.16 Å². The molecule has 3 aromatic rings. The largest absolute Gasteiger partial charge is 0.488 e. The summed E-state index contributed by atoms with van der Waals surface area (Å²) in [6.45, 7) is 0.460. The summed E-state index contributed by atoms with van der Waals surface area (Å²) >= 11 is 1.51. The van der Waals surface area contributed by atoms with Gasteiger partial charge < -0.3 is 10.1 Å². The van der Waals surface area contributed by atoms with E-state index in [9.17, 15) is 4.79 Å². The van der Waals surface area contributed by atoms with Gasteiger partial charge in [0.1, 0.15) is 17.5 Å². The van der Waals surface area contributed by atoms with E-state index in [-0.39, 0.29) is 12.0 Å². The fourth-order valence-corrected chi connectivity index (χ4v) is 3.67. The van der Waals surface area contributed by atoms with Crippen LogP contribution in [0.15, 0.2) is 66.0 Å². The predicted octanol–water partition coefficient (Wildman–Crippen LogP) is 3.33. The summed E-state index contributed by atoms with van der Waals surface area (Å²) in [7, 11) is 0. The second kappa shape index (κ2) is 7.25. The highest BCUT2D eigenvalue weighted by Crippen LogP contribution is 2.28. The molecule has 132 valence electrons. The molecule has 1 unspecified atom stereocenters. The number of nitrogens with one attached hydrogen (secondary N) is 1. The molecule has 1 amide bonds.